The first-order valence-corrected chi connectivity index (χ1v) is 22.6. The van der Waals surface area contributed by atoms with E-state index in [0.717, 1.165) is 0 Å². The first-order valence-electron chi connectivity index (χ1n) is 16.9. The van der Waals surface area contributed by atoms with Gasteiger partial charge in [-0.25, -0.2) is 0 Å². The Hall–Kier alpha value is -2.41. The first kappa shape index (κ1) is 33.2. The lowest BCUT2D eigenvalue weighted by Gasteiger charge is -2.60. The van der Waals surface area contributed by atoms with Gasteiger partial charge in [-0.05, 0) is 77.3 Å². The number of hydrogen-bond acceptors (Lipinski definition) is 13. The summed E-state index contributed by atoms with van der Waals surface area (Å²) in [5.74, 6) is -2.02. The molecule has 2 aromatic carbocycles. The number of benzene rings is 2. The second kappa shape index (κ2) is 9.82. The summed E-state index contributed by atoms with van der Waals surface area (Å²) >= 11 is 0. The van der Waals surface area contributed by atoms with E-state index < -0.39 is 66.7 Å². The number of carbonyl (C=O) groups excluding carboxylic acids is 4. The van der Waals surface area contributed by atoms with Crippen LogP contribution in [0.2, 0.25) is 0 Å². The number of hydrogen-bond donors (Lipinski definition) is 4. The molecule has 2 unspecified atom stereocenters. The third-order valence-corrected chi connectivity index (χ3v) is 22.4. The van der Waals surface area contributed by atoms with Gasteiger partial charge in [0.15, 0.2) is 9.74 Å². The van der Waals surface area contributed by atoms with Crippen LogP contribution in [0.4, 0.5) is 11.4 Å². The Bertz CT molecular complexity index is 2030. The van der Waals surface area contributed by atoms with Gasteiger partial charge < -0.3 is 30.6 Å². The predicted octanol–water partition coefficient (Wildman–Crippen LogP) is 3.25. The van der Waals surface area contributed by atoms with Gasteiger partial charge >= 0.3 is 0 Å². The molecule has 10 atom stereocenters. The van der Waals surface area contributed by atoms with Gasteiger partial charge in [-0.1, -0.05) is 74.9 Å². The van der Waals surface area contributed by atoms with E-state index in [0.29, 0.717) is 22.5 Å². The van der Waals surface area contributed by atoms with Crippen LogP contribution in [0.1, 0.15) is 38.8 Å². The number of para-hydroxylation sites is 2. The number of rotatable bonds is 3. The number of amides is 4. The average molecular weight is 785 g/mol. The molecule has 0 aliphatic carbocycles. The Balaban J connectivity index is 1.34. The van der Waals surface area contributed by atoms with Crippen LogP contribution in [0.5, 0.6) is 0 Å². The van der Waals surface area contributed by atoms with Crippen molar-refractivity contribution in [1.29, 1.82) is 0 Å². The number of piperazine rings is 2. The Kier molecular flexibility index (Phi) is 6.39. The maximum absolute atomic E-state index is 15.4. The van der Waals surface area contributed by atoms with Crippen LogP contribution in [-0.2, 0) is 30.0 Å². The lowest BCUT2D eigenvalue weighted by molar-refractivity contribution is -0.169. The number of likely N-dealkylation sites (N-methyl/N-ethyl adjacent to an activating group) is 2. The molecule has 10 aliphatic heterocycles. The number of fused-ring (bicyclic) bond motifs is 12. The van der Waals surface area contributed by atoms with Crippen LogP contribution in [-0.4, -0.2) is 112 Å². The molecule has 10 aliphatic rings. The lowest BCUT2D eigenvalue weighted by atomic mass is 9.52. The van der Waals surface area contributed by atoms with Gasteiger partial charge in [-0.3, -0.25) is 29.0 Å². The van der Waals surface area contributed by atoms with Gasteiger partial charge in [-0.15, -0.1) is 0 Å². The summed E-state index contributed by atoms with van der Waals surface area (Å²) < 4.78 is 0. The maximum atomic E-state index is 15.4. The van der Waals surface area contributed by atoms with Crippen molar-refractivity contribution in [2.75, 3.05) is 24.7 Å². The van der Waals surface area contributed by atoms with E-state index in [1.807, 2.05) is 76.2 Å². The molecule has 268 valence electrons. The monoisotopic (exact) mass is 784 g/mol. The van der Waals surface area contributed by atoms with E-state index in [9.17, 15) is 15.0 Å². The molecule has 4 amide bonds. The molecule has 12 nitrogen and oxygen atoms in total. The topological polar surface area (TPSA) is 146 Å². The molecule has 8 fully saturated rings. The molecule has 0 aromatic heterocycles. The minimum absolute atomic E-state index is 0.279. The average Bonchev–Trinajstić information content (AvgIpc) is 3.70. The van der Waals surface area contributed by atoms with Crippen molar-refractivity contribution in [3.8, 4) is 0 Å². The molecule has 2 aromatic rings. The van der Waals surface area contributed by atoms with E-state index >= 15 is 14.4 Å². The van der Waals surface area contributed by atoms with Gasteiger partial charge in [0.05, 0.1) is 10.8 Å². The van der Waals surface area contributed by atoms with Crippen LogP contribution in [0.3, 0.4) is 0 Å². The number of nitrogens with zero attached hydrogens (tertiary/aromatic N) is 4. The van der Waals surface area contributed by atoms with Crippen molar-refractivity contribution < 1.29 is 29.4 Å². The number of nitrogens with one attached hydrogen (secondary N) is 2. The van der Waals surface area contributed by atoms with Crippen molar-refractivity contribution in [2.24, 2.45) is 11.8 Å². The Morgan fingerprint density at radius 2 is 1.02 bits per heavy atom. The molecule has 51 heavy (non-hydrogen) atoms. The fourth-order valence-corrected chi connectivity index (χ4v) is 21.5. The van der Waals surface area contributed by atoms with Crippen molar-refractivity contribution in [2.45, 2.75) is 82.5 Å². The molecule has 12 rings (SSSR count). The minimum Gasteiger partial charge on any atom is -0.388 e. The smallest absolute Gasteiger partial charge is 0.264 e. The van der Waals surface area contributed by atoms with Crippen molar-refractivity contribution in [3.05, 3.63) is 59.7 Å². The summed E-state index contributed by atoms with van der Waals surface area (Å²) in [7, 11) is 9.57. The molecule has 10 heterocycles. The second-order valence-corrected chi connectivity index (χ2v) is 22.2. The fraction of sp³-hybridized carbons (Fsp3) is 0.529. The number of aliphatic hydroxyl groups excluding tert-OH is 2. The number of anilines is 2. The third-order valence-electron chi connectivity index (χ3n) is 13.2. The molecule has 0 saturated carbocycles. The SMILES string of the molecule is CC(C)C12SSS[C@]3(C(=O)N1C)[C@@H](O)C1([C@]45c6ccccc6N[C@H]4N4C(=O)[C@]6(C(C)C)SS[C@@]4(C(=O)N6C)[C@H]5O)c4ccccc4N[C@@H]1N3C2=O. The third kappa shape index (κ3) is 2.93. The molecule has 8 saturated heterocycles. The van der Waals surface area contributed by atoms with Crippen LogP contribution in [0.25, 0.3) is 0 Å². The Morgan fingerprint density at radius 1 is 0.608 bits per heavy atom. The van der Waals surface area contributed by atoms with Gasteiger partial charge in [0, 0.05) is 25.5 Å². The van der Waals surface area contributed by atoms with Crippen molar-refractivity contribution in [3.63, 3.8) is 0 Å². The van der Waals surface area contributed by atoms with Crippen LogP contribution >= 0.6 is 53.0 Å². The molecule has 4 N–H and O–H groups in total. The van der Waals surface area contributed by atoms with Crippen molar-refractivity contribution in [1.82, 2.24) is 19.6 Å². The fourth-order valence-electron chi connectivity index (χ4n) is 11.0. The van der Waals surface area contributed by atoms with Gasteiger partial charge in [0.25, 0.3) is 23.6 Å². The molecule has 2 spiro atoms. The zero-order chi connectivity index (χ0) is 36.0. The number of carbonyl (C=O) groups is 4. The van der Waals surface area contributed by atoms with Gasteiger partial charge in [-0.2, -0.15) is 0 Å². The molecular weight excluding hydrogens is 749 g/mol. The van der Waals surface area contributed by atoms with Crippen LogP contribution in [0.15, 0.2) is 48.5 Å². The largest absolute Gasteiger partial charge is 0.388 e. The van der Waals surface area contributed by atoms with Crippen molar-refractivity contribution >= 4 is 88.0 Å². The van der Waals surface area contributed by atoms with E-state index in [1.54, 1.807) is 23.9 Å². The summed E-state index contributed by atoms with van der Waals surface area (Å²) in [6, 6.07) is 14.9. The predicted molar refractivity (Wildman–Crippen MR) is 201 cm³/mol. The molecule has 0 radical (unpaired) electrons. The maximum Gasteiger partial charge on any atom is 0.264 e. The standard InChI is InChI=1S/C34H36N6O6S5/c1-15(2)31-27(45)39-23-29(17-11-7-9-13-19(17)35-23,21(41)33(39,48-47-31)25(43)37(31)5)30-18-12-8-10-14-20(18)36-24(30)40-28(46)32(16(3)4)38(6)26(44)34(40,22(30)42)50-51-49-32/h7-16,21-24,35-36,41-42H,1-6H3/t21-,22-,23-,24+,29-,30?,31-,32?,33+,34-/m0/s1. The summed E-state index contributed by atoms with van der Waals surface area (Å²) in [5, 5.41) is 34.4. The van der Waals surface area contributed by atoms with E-state index in [-0.39, 0.29) is 23.7 Å². The van der Waals surface area contributed by atoms with E-state index in [2.05, 4.69) is 10.6 Å². The van der Waals surface area contributed by atoms with E-state index in [4.69, 9.17) is 0 Å². The van der Waals surface area contributed by atoms with Gasteiger partial charge in [0.2, 0.25) is 9.74 Å². The highest BCUT2D eigenvalue weighted by Crippen LogP contribution is 2.79. The normalized spacial score (nSPS) is 44.0. The summed E-state index contributed by atoms with van der Waals surface area (Å²) in [5.41, 5.74) is -0.838. The van der Waals surface area contributed by atoms with Gasteiger partial charge in [0.1, 0.15) is 24.5 Å². The van der Waals surface area contributed by atoms with E-state index in [1.165, 1.54) is 62.8 Å². The Labute approximate surface area is 314 Å². The zero-order valence-corrected chi connectivity index (χ0v) is 32.5. The highest BCUT2D eigenvalue weighted by Gasteiger charge is 2.93. The quantitative estimate of drug-likeness (QED) is 0.339. The molecule has 4 bridgehead atoms. The minimum atomic E-state index is -1.81. The first-order chi connectivity index (χ1) is 24.2. The van der Waals surface area contributed by atoms with Crippen LogP contribution in [0, 0.1) is 11.8 Å². The highest BCUT2D eigenvalue weighted by molar-refractivity contribution is 9.10. The summed E-state index contributed by atoms with van der Waals surface area (Å²) in [6.45, 7) is 7.67. The molecule has 17 heteroatoms. The molecular formula is C34H36N6O6S5. The lowest BCUT2D eigenvalue weighted by Crippen LogP contribution is -2.79. The summed E-state index contributed by atoms with van der Waals surface area (Å²) in [4.78, 5) is 60.7. The summed E-state index contributed by atoms with van der Waals surface area (Å²) in [6.07, 6.45) is -5.33. The van der Waals surface area contributed by atoms with Crippen LogP contribution < -0.4 is 10.6 Å². The zero-order valence-electron chi connectivity index (χ0n) is 28.4. The second-order valence-electron chi connectivity index (χ2n) is 15.3. The Morgan fingerprint density at radius 3 is 1.47 bits per heavy atom. The number of aliphatic hydroxyl groups is 2. The highest BCUT2D eigenvalue weighted by atomic mass is 33.5.